The van der Waals surface area contributed by atoms with Gasteiger partial charge in [0.05, 0.1) is 14.2 Å². The molecule has 6 nitrogen and oxygen atoms in total. The van der Waals surface area contributed by atoms with E-state index in [1.54, 1.807) is 31.3 Å². The van der Waals surface area contributed by atoms with Gasteiger partial charge in [-0.05, 0) is 62.1 Å². The molecule has 0 fully saturated rings. The van der Waals surface area contributed by atoms with E-state index in [1.165, 1.54) is 0 Å². The number of halogens is 1. The van der Waals surface area contributed by atoms with Crippen molar-refractivity contribution in [2.24, 2.45) is 0 Å². The van der Waals surface area contributed by atoms with Gasteiger partial charge in [-0.3, -0.25) is 9.59 Å². The second kappa shape index (κ2) is 12.3. The van der Waals surface area contributed by atoms with Crippen LogP contribution in [0.2, 0.25) is 5.02 Å². The Morgan fingerprint density at radius 2 is 1.62 bits per heavy atom. The van der Waals surface area contributed by atoms with Crippen LogP contribution in [0, 0.1) is 0 Å². The standard InChI is InChI=1S/C25H33ClN2O4/c1-6-21(25(30)27-17(2)3)28(16-19-7-11-20(26)12-8-19)24(29)14-10-18-9-13-22(31-4)23(15-18)32-5/h7-9,11-13,15,17,21H,6,10,14,16H2,1-5H3,(H,27,30). The molecule has 0 heterocycles. The van der Waals surface area contributed by atoms with Gasteiger partial charge < -0.3 is 19.7 Å². The maximum atomic E-state index is 13.3. The first-order valence-electron chi connectivity index (χ1n) is 10.8. The van der Waals surface area contributed by atoms with E-state index in [9.17, 15) is 9.59 Å². The van der Waals surface area contributed by atoms with Crippen LogP contribution in [-0.4, -0.2) is 43.0 Å². The molecule has 2 amide bonds. The summed E-state index contributed by atoms with van der Waals surface area (Å²) in [5.41, 5.74) is 1.88. The number of methoxy groups -OCH3 is 2. The molecule has 2 aromatic rings. The van der Waals surface area contributed by atoms with Gasteiger partial charge in [0.2, 0.25) is 11.8 Å². The van der Waals surface area contributed by atoms with Crippen LogP contribution in [0.15, 0.2) is 42.5 Å². The number of ether oxygens (including phenoxy) is 2. The molecule has 0 aromatic heterocycles. The molecule has 0 bridgehead atoms. The summed E-state index contributed by atoms with van der Waals surface area (Å²) >= 11 is 6.01. The topological polar surface area (TPSA) is 67.9 Å². The quantitative estimate of drug-likeness (QED) is 0.531. The maximum Gasteiger partial charge on any atom is 0.243 e. The molecule has 0 spiro atoms. The molecular formula is C25H33ClN2O4. The summed E-state index contributed by atoms with van der Waals surface area (Å²) in [7, 11) is 3.17. The van der Waals surface area contributed by atoms with Crippen LogP contribution in [0.3, 0.4) is 0 Å². The fourth-order valence-corrected chi connectivity index (χ4v) is 3.64. The predicted octanol–water partition coefficient (Wildman–Crippen LogP) is 4.62. The number of nitrogens with zero attached hydrogens (tertiary/aromatic N) is 1. The van der Waals surface area contributed by atoms with Gasteiger partial charge in [-0.2, -0.15) is 0 Å². The molecule has 1 N–H and O–H groups in total. The first-order valence-corrected chi connectivity index (χ1v) is 11.2. The third-order valence-electron chi connectivity index (χ3n) is 5.16. The SMILES string of the molecule is CCC(C(=O)NC(C)C)N(Cc1ccc(Cl)cc1)C(=O)CCc1ccc(OC)c(OC)c1. The molecular weight excluding hydrogens is 428 g/mol. The van der Waals surface area contributed by atoms with Gasteiger partial charge in [0.1, 0.15) is 6.04 Å². The van der Waals surface area contributed by atoms with Crippen molar-refractivity contribution in [2.45, 2.75) is 58.7 Å². The Morgan fingerprint density at radius 1 is 1.00 bits per heavy atom. The zero-order chi connectivity index (χ0) is 23.7. The maximum absolute atomic E-state index is 13.3. The summed E-state index contributed by atoms with van der Waals surface area (Å²) < 4.78 is 10.6. The molecule has 0 radical (unpaired) electrons. The highest BCUT2D eigenvalue weighted by molar-refractivity contribution is 6.30. The summed E-state index contributed by atoms with van der Waals surface area (Å²) in [6.07, 6.45) is 1.32. The number of aryl methyl sites for hydroxylation is 1. The van der Waals surface area contributed by atoms with E-state index in [2.05, 4.69) is 5.32 Å². The van der Waals surface area contributed by atoms with Gasteiger partial charge in [0.25, 0.3) is 0 Å². The highest BCUT2D eigenvalue weighted by Gasteiger charge is 2.28. The van der Waals surface area contributed by atoms with Crippen molar-refractivity contribution in [2.75, 3.05) is 14.2 Å². The van der Waals surface area contributed by atoms with Gasteiger partial charge in [0, 0.05) is 24.0 Å². The first-order chi connectivity index (χ1) is 15.3. The molecule has 0 saturated heterocycles. The molecule has 1 atom stereocenters. The lowest BCUT2D eigenvalue weighted by Gasteiger charge is -2.31. The number of nitrogens with one attached hydrogen (secondary N) is 1. The number of hydrogen-bond donors (Lipinski definition) is 1. The minimum Gasteiger partial charge on any atom is -0.493 e. The van der Waals surface area contributed by atoms with Gasteiger partial charge in [0.15, 0.2) is 11.5 Å². The minimum absolute atomic E-state index is 0.00389. The summed E-state index contributed by atoms with van der Waals surface area (Å²) in [5, 5.41) is 3.57. The number of rotatable bonds is 11. The van der Waals surface area contributed by atoms with Gasteiger partial charge >= 0.3 is 0 Å². The van der Waals surface area contributed by atoms with Crippen molar-refractivity contribution in [1.82, 2.24) is 10.2 Å². The average molecular weight is 461 g/mol. The summed E-state index contributed by atoms with van der Waals surface area (Å²) in [5.74, 6) is 1.04. The third-order valence-corrected chi connectivity index (χ3v) is 5.41. The molecule has 7 heteroatoms. The Kier molecular flexibility index (Phi) is 9.85. The highest BCUT2D eigenvalue weighted by Crippen LogP contribution is 2.28. The monoisotopic (exact) mass is 460 g/mol. The second-order valence-electron chi connectivity index (χ2n) is 7.92. The Morgan fingerprint density at radius 3 is 2.19 bits per heavy atom. The molecule has 0 saturated carbocycles. The van der Waals surface area contributed by atoms with E-state index in [1.807, 2.05) is 51.1 Å². The molecule has 0 aliphatic carbocycles. The number of amides is 2. The van der Waals surface area contributed by atoms with Crippen LogP contribution in [0.4, 0.5) is 0 Å². The van der Waals surface area contributed by atoms with Crippen molar-refractivity contribution in [3.8, 4) is 11.5 Å². The smallest absolute Gasteiger partial charge is 0.243 e. The van der Waals surface area contributed by atoms with Crippen molar-refractivity contribution >= 4 is 23.4 Å². The average Bonchev–Trinajstić information content (AvgIpc) is 2.77. The van der Waals surface area contributed by atoms with Crippen molar-refractivity contribution < 1.29 is 19.1 Å². The number of hydrogen-bond acceptors (Lipinski definition) is 4. The lowest BCUT2D eigenvalue weighted by molar-refractivity contribution is -0.141. The van der Waals surface area contributed by atoms with E-state index in [0.29, 0.717) is 35.9 Å². The van der Waals surface area contributed by atoms with Crippen LogP contribution in [0.1, 0.15) is 44.7 Å². The molecule has 32 heavy (non-hydrogen) atoms. The fraction of sp³-hybridized carbons (Fsp3) is 0.440. The van der Waals surface area contributed by atoms with Crippen LogP contribution in [0.5, 0.6) is 11.5 Å². The Balaban J connectivity index is 2.22. The molecule has 2 rings (SSSR count). The van der Waals surface area contributed by atoms with E-state index in [4.69, 9.17) is 21.1 Å². The van der Waals surface area contributed by atoms with Gasteiger partial charge in [-0.25, -0.2) is 0 Å². The number of benzene rings is 2. The summed E-state index contributed by atoms with van der Waals surface area (Å²) in [6, 6.07) is 12.4. The van der Waals surface area contributed by atoms with E-state index >= 15 is 0 Å². The van der Waals surface area contributed by atoms with Crippen LogP contribution in [0.25, 0.3) is 0 Å². The summed E-state index contributed by atoms with van der Waals surface area (Å²) in [6.45, 7) is 6.08. The van der Waals surface area contributed by atoms with Gasteiger partial charge in [-0.1, -0.05) is 36.7 Å². The van der Waals surface area contributed by atoms with Crippen LogP contribution >= 0.6 is 11.6 Å². The van der Waals surface area contributed by atoms with Gasteiger partial charge in [-0.15, -0.1) is 0 Å². The largest absolute Gasteiger partial charge is 0.493 e. The Hall–Kier alpha value is -2.73. The Labute approximate surface area is 195 Å². The van der Waals surface area contributed by atoms with Crippen molar-refractivity contribution in [3.05, 3.63) is 58.6 Å². The lowest BCUT2D eigenvalue weighted by atomic mass is 10.1. The van der Waals surface area contributed by atoms with Crippen LogP contribution < -0.4 is 14.8 Å². The molecule has 2 aromatic carbocycles. The zero-order valence-electron chi connectivity index (χ0n) is 19.5. The molecule has 0 aliphatic rings. The predicted molar refractivity (Wildman–Crippen MR) is 127 cm³/mol. The van der Waals surface area contributed by atoms with Crippen molar-refractivity contribution in [1.29, 1.82) is 0 Å². The fourth-order valence-electron chi connectivity index (χ4n) is 3.52. The number of carbonyl (C=O) groups is 2. The third kappa shape index (κ3) is 7.16. The van der Waals surface area contributed by atoms with Crippen molar-refractivity contribution in [3.63, 3.8) is 0 Å². The number of carbonyl (C=O) groups excluding carboxylic acids is 2. The van der Waals surface area contributed by atoms with E-state index in [0.717, 1.165) is 11.1 Å². The molecule has 0 aliphatic heterocycles. The molecule has 1 unspecified atom stereocenters. The van der Waals surface area contributed by atoms with E-state index < -0.39 is 6.04 Å². The second-order valence-corrected chi connectivity index (χ2v) is 8.36. The zero-order valence-corrected chi connectivity index (χ0v) is 20.2. The molecule has 174 valence electrons. The lowest BCUT2D eigenvalue weighted by Crippen LogP contribution is -2.50. The highest BCUT2D eigenvalue weighted by atomic mass is 35.5. The van der Waals surface area contributed by atoms with Crippen LogP contribution in [-0.2, 0) is 22.6 Å². The van der Waals surface area contributed by atoms with E-state index in [-0.39, 0.29) is 24.3 Å². The first kappa shape index (κ1) is 25.5. The minimum atomic E-state index is -0.550. The summed E-state index contributed by atoms with van der Waals surface area (Å²) in [4.78, 5) is 27.8. The normalized spacial score (nSPS) is 11.7. The Bertz CT molecular complexity index is 899.